The Kier molecular flexibility index (Phi) is 3.01. The van der Waals surface area contributed by atoms with Crippen molar-refractivity contribution in [3.8, 4) is 0 Å². The molecule has 20 heavy (non-hydrogen) atoms. The average Bonchev–Trinajstić information content (AvgIpc) is 3.02. The van der Waals surface area contributed by atoms with Crippen molar-refractivity contribution in [3.05, 3.63) is 22.8 Å². The number of pyridine rings is 1. The molecule has 4 nitrogen and oxygen atoms in total. The van der Waals surface area contributed by atoms with E-state index in [1.807, 2.05) is 27.7 Å². The first kappa shape index (κ1) is 14.3. The van der Waals surface area contributed by atoms with Crippen molar-refractivity contribution in [1.29, 1.82) is 0 Å². The number of halogens is 1. The van der Waals surface area contributed by atoms with Crippen molar-refractivity contribution in [3.63, 3.8) is 0 Å². The van der Waals surface area contributed by atoms with Crippen molar-refractivity contribution in [2.24, 2.45) is 0 Å². The van der Waals surface area contributed by atoms with Crippen molar-refractivity contribution in [2.75, 3.05) is 0 Å². The van der Waals surface area contributed by atoms with E-state index in [1.54, 1.807) is 12.3 Å². The van der Waals surface area contributed by atoms with Crippen LogP contribution in [0.3, 0.4) is 0 Å². The van der Waals surface area contributed by atoms with Gasteiger partial charge in [-0.3, -0.25) is 4.98 Å². The molecule has 1 saturated carbocycles. The summed E-state index contributed by atoms with van der Waals surface area (Å²) in [6.45, 7) is 7.98. The minimum absolute atomic E-state index is 0.428. The number of nitrogens with zero attached hydrogens (tertiary/aromatic N) is 1. The van der Waals surface area contributed by atoms with E-state index in [9.17, 15) is 5.11 Å². The van der Waals surface area contributed by atoms with Gasteiger partial charge in [0.05, 0.1) is 27.4 Å². The van der Waals surface area contributed by atoms with Crippen LogP contribution < -0.4 is 5.59 Å². The topological polar surface area (TPSA) is 51.6 Å². The molecule has 1 aliphatic carbocycles. The molecule has 1 saturated heterocycles. The van der Waals surface area contributed by atoms with E-state index in [1.165, 1.54) is 0 Å². The first-order chi connectivity index (χ1) is 9.15. The fraction of sp³-hybridized carbons (Fsp3) is 0.643. The quantitative estimate of drug-likeness (QED) is 0.848. The van der Waals surface area contributed by atoms with Gasteiger partial charge in [0.25, 0.3) is 0 Å². The highest BCUT2D eigenvalue weighted by Crippen LogP contribution is 2.46. The van der Waals surface area contributed by atoms with Gasteiger partial charge in [-0.25, -0.2) is 0 Å². The Morgan fingerprint density at radius 2 is 1.75 bits per heavy atom. The van der Waals surface area contributed by atoms with Crippen LogP contribution in [0.5, 0.6) is 0 Å². The fourth-order valence-corrected chi connectivity index (χ4v) is 2.51. The zero-order valence-electron chi connectivity index (χ0n) is 12.2. The summed E-state index contributed by atoms with van der Waals surface area (Å²) in [6.07, 6.45) is 3.01. The van der Waals surface area contributed by atoms with Gasteiger partial charge in [-0.15, -0.1) is 0 Å². The highest BCUT2D eigenvalue weighted by atomic mass is 35.5. The number of hydrogen-bond acceptors (Lipinski definition) is 4. The molecule has 0 spiro atoms. The molecule has 0 amide bonds. The second-order valence-corrected chi connectivity index (χ2v) is 7.14. The molecular formula is C14H19BClNO3. The van der Waals surface area contributed by atoms with Gasteiger partial charge in [-0.1, -0.05) is 11.6 Å². The molecule has 2 heterocycles. The molecule has 1 N–H and O–H groups in total. The van der Waals surface area contributed by atoms with Gasteiger partial charge in [0.1, 0.15) is 0 Å². The van der Waals surface area contributed by atoms with Crippen LogP contribution in [-0.2, 0) is 14.9 Å². The second kappa shape index (κ2) is 4.20. The van der Waals surface area contributed by atoms with E-state index in [2.05, 4.69) is 4.98 Å². The van der Waals surface area contributed by atoms with Gasteiger partial charge >= 0.3 is 7.12 Å². The standard InChI is InChI=1S/C14H19BClNO3/c1-12(2)13(3,4)20-15(19-12)11-10(14(18)5-6-14)7-9(16)8-17-11/h7-8,18H,5-6H2,1-4H3. The smallest absolute Gasteiger partial charge is 0.398 e. The highest BCUT2D eigenvalue weighted by molar-refractivity contribution is 6.61. The van der Waals surface area contributed by atoms with Crippen LogP contribution in [0.1, 0.15) is 46.1 Å². The van der Waals surface area contributed by atoms with Gasteiger partial charge in [-0.2, -0.15) is 0 Å². The first-order valence-electron chi connectivity index (χ1n) is 6.89. The van der Waals surface area contributed by atoms with Crippen molar-refractivity contribution >= 4 is 24.3 Å². The molecule has 0 atom stereocenters. The van der Waals surface area contributed by atoms with Crippen LogP contribution in [0.25, 0.3) is 0 Å². The van der Waals surface area contributed by atoms with Crippen molar-refractivity contribution < 1.29 is 14.4 Å². The normalized spacial score (nSPS) is 25.8. The summed E-state index contributed by atoms with van der Waals surface area (Å²) in [7, 11) is -0.572. The van der Waals surface area contributed by atoms with Crippen LogP contribution in [0.4, 0.5) is 0 Å². The molecule has 3 rings (SSSR count). The van der Waals surface area contributed by atoms with Gasteiger partial charge < -0.3 is 14.4 Å². The Hall–Kier alpha value is -0.615. The van der Waals surface area contributed by atoms with Gasteiger partial charge in [0.15, 0.2) is 0 Å². The summed E-state index contributed by atoms with van der Waals surface area (Å²) in [5.74, 6) is 0. The van der Waals surface area contributed by atoms with Gasteiger partial charge in [-0.05, 0) is 46.6 Å². The predicted molar refractivity (Wildman–Crippen MR) is 78.1 cm³/mol. The molecule has 1 aliphatic heterocycles. The maximum absolute atomic E-state index is 10.4. The molecule has 0 bridgehead atoms. The highest BCUT2D eigenvalue weighted by Gasteiger charge is 2.55. The number of aliphatic hydroxyl groups is 1. The van der Waals surface area contributed by atoms with Crippen molar-refractivity contribution in [1.82, 2.24) is 4.98 Å². The molecule has 2 aliphatic rings. The Labute approximate surface area is 124 Å². The molecule has 0 unspecified atom stereocenters. The summed E-state index contributed by atoms with van der Waals surface area (Å²) in [6, 6.07) is 1.77. The summed E-state index contributed by atoms with van der Waals surface area (Å²) in [4.78, 5) is 4.36. The maximum atomic E-state index is 10.4. The summed E-state index contributed by atoms with van der Waals surface area (Å²) in [5, 5.41) is 10.9. The SMILES string of the molecule is CC1(C)OB(c2ncc(Cl)cc2C2(O)CC2)OC1(C)C. The number of hydrogen-bond donors (Lipinski definition) is 1. The van der Waals surface area contributed by atoms with Gasteiger partial charge in [0.2, 0.25) is 0 Å². The monoisotopic (exact) mass is 295 g/mol. The lowest BCUT2D eigenvalue weighted by Gasteiger charge is -2.32. The Balaban J connectivity index is 2.00. The van der Waals surface area contributed by atoms with Crippen LogP contribution in [-0.4, -0.2) is 28.4 Å². The lowest BCUT2D eigenvalue weighted by atomic mass is 9.79. The van der Waals surface area contributed by atoms with Crippen LogP contribution in [0.15, 0.2) is 12.3 Å². The summed E-state index contributed by atoms with van der Waals surface area (Å²) in [5.41, 5.74) is -0.321. The largest absolute Gasteiger partial charge is 0.514 e. The van der Waals surface area contributed by atoms with E-state index < -0.39 is 23.9 Å². The molecular weight excluding hydrogens is 276 g/mol. The van der Waals surface area contributed by atoms with E-state index in [4.69, 9.17) is 20.9 Å². The molecule has 1 aromatic rings. The fourth-order valence-electron chi connectivity index (χ4n) is 2.35. The number of rotatable bonds is 2. The second-order valence-electron chi connectivity index (χ2n) is 6.71. The Bertz CT molecular complexity index is 541. The first-order valence-corrected chi connectivity index (χ1v) is 7.26. The predicted octanol–water partition coefficient (Wildman–Crippen LogP) is 2.02. The third-order valence-corrected chi connectivity index (χ3v) is 4.79. The Morgan fingerprint density at radius 1 is 1.20 bits per heavy atom. The summed E-state index contributed by atoms with van der Waals surface area (Å²) < 4.78 is 12.0. The van der Waals surface area contributed by atoms with Crippen LogP contribution in [0, 0.1) is 0 Å². The zero-order valence-corrected chi connectivity index (χ0v) is 13.0. The molecule has 0 radical (unpaired) electrons. The van der Waals surface area contributed by atoms with E-state index in [-0.39, 0.29) is 0 Å². The molecule has 2 fully saturated rings. The minimum Gasteiger partial charge on any atom is -0.398 e. The zero-order chi connectivity index (χ0) is 14.8. The van der Waals surface area contributed by atoms with Crippen LogP contribution >= 0.6 is 11.6 Å². The minimum atomic E-state index is -0.823. The molecule has 0 aromatic carbocycles. The lowest BCUT2D eigenvalue weighted by Crippen LogP contribution is -2.41. The van der Waals surface area contributed by atoms with Crippen LogP contribution in [0.2, 0.25) is 5.02 Å². The van der Waals surface area contributed by atoms with E-state index in [0.29, 0.717) is 10.6 Å². The number of aromatic nitrogens is 1. The third kappa shape index (κ3) is 2.17. The van der Waals surface area contributed by atoms with E-state index in [0.717, 1.165) is 18.4 Å². The Morgan fingerprint density at radius 3 is 2.25 bits per heavy atom. The molecule has 108 valence electrons. The van der Waals surface area contributed by atoms with Gasteiger partial charge in [0, 0.05) is 11.8 Å². The lowest BCUT2D eigenvalue weighted by molar-refractivity contribution is 0.00578. The average molecular weight is 296 g/mol. The van der Waals surface area contributed by atoms with E-state index >= 15 is 0 Å². The van der Waals surface area contributed by atoms with Crippen molar-refractivity contribution in [2.45, 2.75) is 57.3 Å². The molecule has 1 aromatic heterocycles. The molecule has 6 heteroatoms. The maximum Gasteiger partial charge on any atom is 0.514 e. The summed E-state index contributed by atoms with van der Waals surface area (Å²) >= 11 is 6.01. The third-order valence-electron chi connectivity index (χ3n) is 4.59.